The van der Waals surface area contributed by atoms with Crippen molar-refractivity contribution in [3.63, 3.8) is 0 Å². The van der Waals surface area contributed by atoms with Crippen LogP contribution in [0.25, 0.3) is 5.57 Å². The summed E-state index contributed by atoms with van der Waals surface area (Å²) in [7, 11) is 4.65. The van der Waals surface area contributed by atoms with Gasteiger partial charge in [-0.3, -0.25) is 9.59 Å². The summed E-state index contributed by atoms with van der Waals surface area (Å²) in [4.78, 5) is 28.6. The molecule has 2 heterocycles. The standard InChI is InChI=1S/C23H20N2O5S/c1-28-15-8-6-14(7-9-15)25-22(26)20(19-5-4-12-31-19)21(23(25)27)24-17-11-10-16(29-2)13-18(17)30-3/h4-13,24H,1-3H3. The topological polar surface area (TPSA) is 77.1 Å². The van der Waals surface area contributed by atoms with Crippen molar-refractivity contribution >= 4 is 40.1 Å². The molecule has 31 heavy (non-hydrogen) atoms. The number of carbonyl (C=O) groups is 2. The molecule has 1 N–H and O–H groups in total. The summed E-state index contributed by atoms with van der Waals surface area (Å²) >= 11 is 1.39. The Labute approximate surface area is 183 Å². The molecule has 7 nitrogen and oxygen atoms in total. The number of anilines is 2. The molecule has 2 aromatic carbocycles. The van der Waals surface area contributed by atoms with Crippen molar-refractivity contribution in [3.8, 4) is 17.2 Å². The average Bonchev–Trinajstić information content (AvgIpc) is 3.41. The van der Waals surface area contributed by atoms with E-state index in [1.54, 1.807) is 56.7 Å². The summed E-state index contributed by atoms with van der Waals surface area (Å²) in [6.45, 7) is 0. The fourth-order valence-electron chi connectivity index (χ4n) is 3.30. The normalized spacial score (nSPS) is 13.6. The third kappa shape index (κ3) is 3.73. The molecule has 3 aromatic rings. The molecule has 0 spiro atoms. The predicted octanol–water partition coefficient (Wildman–Crippen LogP) is 4.17. The van der Waals surface area contributed by atoms with Crippen molar-refractivity contribution in [2.75, 3.05) is 31.5 Å². The van der Waals surface area contributed by atoms with Crippen molar-refractivity contribution in [2.45, 2.75) is 0 Å². The molecule has 158 valence electrons. The van der Waals surface area contributed by atoms with Crippen LogP contribution in [0.1, 0.15) is 4.88 Å². The summed E-state index contributed by atoms with van der Waals surface area (Å²) < 4.78 is 15.8. The second-order valence-corrected chi connectivity index (χ2v) is 7.51. The van der Waals surface area contributed by atoms with Gasteiger partial charge in [0.2, 0.25) is 0 Å². The van der Waals surface area contributed by atoms with Gasteiger partial charge < -0.3 is 19.5 Å². The number of ether oxygens (including phenoxy) is 3. The van der Waals surface area contributed by atoms with Gasteiger partial charge in [-0.25, -0.2) is 4.90 Å². The highest BCUT2D eigenvalue weighted by Gasteiger charge is 2.41. The van der Waals surface area contributed by atoms with Gasteiger partial charge in [0.1, 0.15) is 22.9 Å². The van der Waals surface area contributed by atoms with Gasteiger partial charge in [-0.1, -0.05) is 6.07 Å². The highest BCUT2D eigenvalue weighted by Crippen LogP contribution is 2.38. The number of amides is 2. The first-order valence-electron chi connectivity index (χ1n) is 9.37. The number of hydrogen-bond donors (Lipinski definition) is 1. The van der Waals surface area contributed by atoms with Crippen LogP contribution in [0.4, 0.5) is 11.4 Å². The quantitative estimate of drug-likeness (QED) is 0.560. The smallest absolute Gasteiger partial charge is 0.282 e. The van der Waals surface area contributed by atoms with Crippen LogP contribution in [0.5, 0.6) is 17.2 Å². The molecule has 8 heteroatoms. The van der Waals surface area contributed by atoms with Gasteiger partial charge in [-0.05, 0) is 47.8 Å². The number of benzene rings is 2. The summed E-state index contributed by atoms with van der Waals surface area (Å²) in [5.41, 5.74) is 1.51. The van der Waals surface area contributed by atoms with Crippen molar-refractivity contribution in [2.24, 2.45) is 0 Å². The van der Waals surface area contributed by atoms with E-state index in [2.05, 4.69) is 5.32 Å². The third-order valence-electron chi connectivity index (χ3n) is 4.85. The lowest BCUT2D eigenvalue weighted by atomic mass is 10.1. The highest BCUT2D eigenvalue weighted by atomic mass is 32.1. The number of nitrogens with one attached hydrogen (secondary N) is 1. The fraction of sp³-hybridized carbons (Fsp3) is 0.130. The first-order valence-corrected chi connectivity index (χ1v) is 10.3. The van der Waals surface area contributed by atoms with Gasteiger partial charge in [0, 0.05) is 10.9 Å². The lowest BCUT2D eigenvalue weighted by Crippen LogP contribution is -2.32. The number of imide groups is 1. The van der Waals surface area contributed by atoms with Crippen LogP contribution in [0.15, 0.2) is 65.7 Å². The Bertz CT molecular complexity index is 1150. The Morgan fingerprint density at radius 2 is 1.55 bits per heavy atom. The van der Waals surface area contributed by atoms with E-state index >= 15 is 0 Å². The predicted molar refractivity (Wildman–Crippen MR) is 120 cm³/mol. The van der Waals surface area contributed by atoms with Crippen LogP contribution < -0.4 is 24.4 Å². The lowest BCUT2D eigenvalue weighted by Gasteiger charge is -2.16. The zero-order chi connectivity index (χ0) is 22.0. The van der Waals surface area contributed by atoms with Gasteiger partial charge in [-0.2, -0.15) is 0 Å². The molecule has 1 aromatic heterocycles. The van der Waals surface area contributed by atoms with E-state index in [-0.39, 0.29) is 5.70 Å². The Hall–Kier alpha value is -3.78. The van der Waals surface area contributed by atoms with Crippen molar-refractivity contribution in [3.05, 3.63) is 70.6 Å². The number of carbonyl (C=O) groups excluding carboxylic acids is 2. The molecule has 0 saturated carbocycles. The van der Waals surface area contributed by atoms with Crippen LogP contribution >= 0.6 is 11.3 Å². The molecular formula is C23H20N2O5S. The molecule has 0 bridgehead atoms. The molecule has 4 rings (SSSR count). The maximum atomic E-state index is 13.4. The minimum absolute atomic E-state index is 0.187. The third-order valence-corrected chi connectivity index (χ3v) is 5.74. The fourth-order valence-corrected chi connectivity index (χ4v) is 4.07. The van der Waals surface area contributed by atoms with E-state index in [1.807, 2.05) is 17.5 Å². The summed E-state index contributed by atoms with van der Waals surface area (Å²) in [6, 6.07) is 15.6. The van der Waals surface area contributed by atoms with Gasteiger partial charge >= 0.3 is 0 Å². The van der Waals surface area contributed by atoms with E-state index in [4.69, 9.17) is 14.2 Å². The van der Waals surface area contributed by atoms with E-state index in [9.17, 15) is 9.59 Å². The lowest BCUT2D eigenvalue weighted by molar-refractivity contribution is -0.120. The molecule has 0 aliphatic carbocycles. The number of nitrogens with zero attached hydrogens (tertiary/aromatic N) is 1. The second kappa shape index (κ2) is 8.53. The number of thiophene rings is 1. The number of methoxy groups -OCH3 is 3. The summed E-state index contributed by atoms with van der Waals surface area (Å²) in [5.74, 6) is 0.892. The first-order chi connectivity index (χ1) is 15.1. The minimum atomic E-state index is -0.448. The maximum Gasteiger partial charge on any atom is 0.282 e. The van der Waals surface area contributed by atoms with E-state index < -0.39 is 11.8 Å². The molecule has 2 amide bonds. The van der Waals surface area contributed by atoms with E-state index in [0.717, 1.165) is 4.90 Å². The monoisotopic (exact) mass is 436 g/mol. The van der Waals surface area contributed by atoms with Crippen molar-refractivity contribution < 1.29 is 23.8 Å². The number of rotatable bonds is 7. The number of hydrogen-bond acceptors (Lipinski definition) is 7. The molecule has 0 unspecified atom stereocenters. The minimum Gasteiger partial charge on any atom is -0.497 e. The SMILES string of the molecule is COc1ccc(N2C(=O)C(Nc3ccc(OC)cc3OC)=C(c3cccs3)C2=O)cc1. The molecule has 1 aliphatic rings. The molecular weight excluding hydrogens is 416 g/mol. The van der Waals surface area contributed by atoms with E-state index in [0.29, 0.717) is 39.1 Å². The average molecular weight is 436 g/mol. The zero-order valence-electron chi connectivity index (χ0n) is 17.2. The van der Waals surface area contributed by atoms with Gasteiger partial charge in [0.15, 0.2) is 0 Å². The zero-order valence-corrected chi connectivity index (χ0v) is 18.0. The second-order valence-electron chi connectivity index (χ2n) is 6.56. The Balaban J connectivity index is 1.77. The van der Waals surface area contributed by atoms with Gasteiger partial charge in [-0.15, -0.1) is 11.3 Å². The Kier molecular flexibility index (Phi) is 5.64. The van der Waals surface area contributed by atoms with Crippen LogP contribution in [-0.2, 0) is 9.59 Å². The van der Waals surface area contributed by atoms with Gasteiger partial charge in [0.05, 0.1) is 38.3 Å². The molecule has 0 atom stereocenters. The molecule has 1 aliphatic heterocycles. The highest BCUT2D eigenvalue weighted by molar-refractivity contribution is 7.11. The van der Waals surface area contributed by atoms with Gasteiger partial charge in [0.25, 0.3) is 11.8 Å². The molecule has 0 radical (unpaired) electrons. The van der Waals surface area contributed by atoms with Crippen LogP contribution in [-0.4, -0.2) is 33.1 Å². The molecule has 0 saturated heterocycles. The largest absolute Gasteiger partial charge is 0.497 e. The van der Waals surface area contributed by atoms with Crippen molar-refractivity contribution in [1.29, 1.82) is 0 Å². The molecule has 0 fully saturated rings. The summed E-state index contributed by atoms with van der Waals surface area (Å²) in [6.07, 6.45) is 0. The Morgan fingerprint density at radius 1 is 0.839 bits per heavy atom. The maximum absolute atomic E-state index is 13.4. The summed E-state index contributed by atoms with van der Waals surface area (Å²) in [5, 5.41) is 4.98. The van der Waals surface area contributed by atoms with Crippen LogP contribution in [0, 0.1) is 0 Å². The first kappa shape index (κ1) is 20.5. The van der Waals surface area contributed by atoms with Crippen LogP contribution in [0.2, 0.25) is 0 Å². The van der Waals surface area contributed by atoms with Crippen LogP contribution in [0.3, 0.4) is 0 Å². The van der Waals surface area contributed by atoms with E-state index in [1.165, 1.54) is 18.4 Å². The Morgan fingerprint density at radius 3 is 2.16 bits per heavy atom. The van der Waals surface area contributed by atoms with Crippen molar-refractivity contribution in [1.82, 2.24) is 0 Å².